The highest BCUT2D eigenvalue weighted by atomic mass is 16.3. The van der Waals surface area contributed by atoms with Crippen LogP contribution in [0.4, 0.5) is 0 Å². The van der Waals surface area contributed by atoms with Gasteiger partial charge >= 0.3 is 0 Å². The fraction of sp³-hybridized carbons (Fsp3) is 0.571. The molecule has 90 valence electrons. The maximum absolute atomic E-state index is 5.37. The van der Waals surface area contributed by atoms with Crippen molar-refractivity contribution < 1.29 is 4.42 Å². The first-order valence-electron chi connectivity index (χ1n) is 6.07. The molecule has 0 aliphatic rings. The fourth-order valence-electron chi connectivity index (χ4n) is 1.83. The summed E-state index contributed by atoms with van der Waals surface area (Å²) in [6.07, 6.45) is 5.08. The predicted octanol–water partition coefficient (Wildman–Crippen LogP) is 3.99. The van der Waals surface area contributed by atoms with Crippen LogP contribution in [-0.4, -0.2) is 6.54 Å². The molecule has 1 aromatic rings. The zero-order chi connectivity index (χ0) is 12.0. The summed E-state index contributed by atoms with van der Waals surface area (Å²) in [5, 5.41) is 3.57. The molecule has 1 aromatic heterocycles. The van der Waals surface area contributed by atoms with Gasteiger partial charge in [-0.2, -0.15) is 0 Å². The molecule has 1 N–H and O–H groups in total. The Hall–Kier alpha value is -1.02. The molecule has 0 amide bonds. The van der Waals surface area contributed by atoms with E-state index in [0.717, 1.165) is 31.6 Å². The zero-order valence-electron chi connectivity index (χ0n) is 10.7. The molecule has 2 heteroatoms. The fourth-order valence-corrected chi connectivity index (χ4v) is 1.83. The van der Waals surface area contributed by atoms with Crippen molar-refractivity contribution in [3.8, 4) is 0 Å². The van der Waals surface area contributed by atoms with Gasteiger partial charge in [0.25, 0.3) is 0 Å². The first-order chi connectivity index (χ1) is 7.65. The number of rotatable bonds is 7. The Morgan fingerprint density at radius 1 is 1.56 bits per heavy atom. The maximum atomic E-state index is 5.37. The van der Waals surface area contributed by atoms with Crippen LogP contribution in [0.3, 0.4) is 0 Å². The Morgan fingerprint density at radius 2 is 2.31 bits per heavy atom. The lowest BCUT2D eigenvalue weighted by atomic mass is 10.0. The minimum atomic E-state index is 0.399. The third-order valence-corrected chi connectivity index (χ3v) is 2.77. The maximum Gasteiger partial charge on any atom is 0.105 e. The Labute approximate surface area is 98.7 Å². The van der Waals surface area contributed by atoms with Crippen LogP contribution < -0.4 is 5.32 Å². The van der Waals surface area contributed by atoms with Crippen LogP contribution in [0.1, 0.15) is 50.5 Å². The summed E-state index contributed by atoms with van der Waals surface area (Å²) in [5.41, 5.74) is 2.53. The molecule has 0 saturated carbocycles. The van der Waals surface area contributed by atoms with Crippen LogP contribution in [0.5, 0.6) is 0 Å². The highest BCUT2D eigenvalue weighted by molar-refractivity contribution is 5.20. The van der Waals surface area contributed by atoms with Crippen molar-refractivity contribution in [2.24, 2.45) is 0 Å². The SMILES string of the molecule is C=C(C)CCC(NCCC)c1ccoc1C. The molecule has 0 aliphatic heterocycles. The first kappa shape index (κ1) is 13.0. The number of furan rings is 1. The van der Waals surface area contributed by atoms with Crippen LogP contribution >= 0.6 is 0 Å². The van der Waals surface area contributed by atoms with E-state index < -0.39 is 0 Å². The molecule has 1 rings (SSSR count). The van der Waals surface area contributed by atoms with Crippen LogP contribution in [0.2, 0.25) is 0 Å². The van der Waals surface area contributed by atoms with E-state index in [0.29, 0.717) is 6.04 Å². The van der Waals surface area contributed by atoms with Crippen LogP contribution in [-0.2, 0) is 0 Å². The Balaban J connectivity index is 2.63. The third-order valence-electron chi connectivity index (χ3n) is 2.77. The lowest BCUT2D eigenvalue weighted by Crippen LogP contribution is -2.22. The van der Waals surface area contributed by atoms with Gasteiger partial charge in [-0.3, -0.25) is 0 Å². The molecule has 0 bridgehead atoms. The molecule has 0 fully saturated rings. The predicted molar refractivity (Wildman–Crippen MR) is 68.5 cm³/mol. The number of hydrogen-bond donors (Lipinski definition) is 1. The van der Waals surface area contributed by atoms with Crippen molar-refractivity contribution >= 4 is 0 Å². The van der Waals surface area contributed by atoms with Gasteiger partial charge in [0.2, 0.25) is 0 Å². The third kappa shape index (κ3) is 3.86. The molecule has 0 radical (unpaired) electrons. The molecule has 0 spiro atoms. The average molecular weight is 221 g/mol. The van der Waals surface area contributed by atoms with E-state index in [1.807, 2.05) is 6.92 Å². The molecule has 1 unspecified atom stereocenters. The molecule has 1 atom stereocenters. The van der Waals surface area contributed by atoms with Gasteiger partial charge in [-0.25, -0.2) is 0 Å². The minimum Gasteiger partial charge on any atom is -0.469 e. The van der Waals surface area contributed by atoms with Crippen LogP contribution in [0.15, 0.2) is 28.9 Å². The van der Waals surface area contributed by atoms with E-state index >= 15 is 0 Å². The number of hydrogen-bond acceptors (Lipinski definition) is 2. The van der Waals surface area contributed by atoms with Crippen molar-refractivity contribution in [1.29, 1.82) is 0 Å². The highest BCUT2D eigenvalue weighted by Gasteiger charge is 2.14. The topological polar surface area (TPSA) is 25.2 Å². The lowest BCUT2D eigenvalue weighted by molar-refractivity contribution is 0.476. The molecule has 2 nitrogen and oxygen atoms in total. The van der Waals surface area contributed by atoms with E-state index in [1.54, 1.807) is 6.26 Å². The summed E-state index contributed by atoms with van der Waals surface area (Å²) in [6, 6.07) is 2.47. The lowest BCUT2D eigenvalue weighted by Gasteiger charge is -2.18. The highest BCUT2D eigenvalue weighted by Crippen LogP contribution is 2.24. The van der Waals surface area contributed by atoms with Crippen molar-refractivity contribution in [2.75, 3.05) is 6.54 Å². The summed E-state index contributed by atoms with van der Waals surface area (Å²) >= 11 is 0. The standard InChI is InChI=1S/C14H23NO/c1-5-9-15-14(7-6-11(2)3)13-8-10-16-12(13)4/h8,10,14-15H,2,5-7,9H2,1,3-4H3. The molecule has 0 aliphatic carbocycles. The molecule has 0 aromatic carbocycles. The summed E-state index contributed by atoms with van der Waals surface area (Å²) in [5.74, 6) is 1.02. The van der Waals surface area contributed by atoms with E-state index in [4.69, 9.17) is 4.42 Å². The van der Waals surface area contributed by atoms with Crippen LogP contribution in [0, 0.1) is 6.92 Å². The quantitative estimate of drug-likeness (QED) is 0.704. The number of allylic oxidation sites excluding steroid dienone is 1. The second-order valence-electron chi connectivity index (χ2n) is 4.43. The Morgan fingerprint density at radius 3 is 2.81 bits per heavy atom. The largest absolute Gasteiger partial charge is 0.469 e. The van der Waals surface area contributed by atoms with Gasteiger partial charge in [-0.15, -0.1) is 6.58 Å². The van der Waals surface area contributed by atoms with Crippen LogP contribution in [0.25, 0.3) is 0 Å². The molecule has 0 saturated heterocycles. The average Bonchev–Trinajstić information content (AvgIpc) is 2.65. The normalized spacial score (nSPS) is 12.7. The van der Waals surface area contributed by atoms with E-state index in [2.05, 4.69) is 31.8 Å². The minimum absolute atomic E-state index is 0.399. The monoisotopic (exact) mass is 221 g/mol. The Bertz CT molecular complexity index is 327. The second kappa shape index (κ2) is 6.54. The zero-order valence-corrected chi connectivity index (χ0v) is 10.7. The summed E-state index contributed by atoms with van der Waals surface area (Å²) in [7, 11) is 0. The summed E-state index contributed by atoms with van der Waals surface area (Å²) in [6.45, 7) is 11.3. The van der Waals surface area contributed by atoms with Crippen molar-refractivity contribution in [2.45, 2.75) is 46.1 Å². The van der Waals surface area contributed by atoms with Gasteiger partial charge < -0.3 is 9.73 Å². The summed E-state index contributed by atoms with van der Waals surface area (Å²) < 4.78 is 5.37. The van der Waals surface area contributed by atoms with Crippen molar-refractivity contribution in [3.63, 3.8) is 0 Å². The van der Waals surface area contributed by atoms with E-state index in [9.17, 15) is 0 Å². The van der Waals surface area contributed by atoms with Gasteiger partial charge in [0, 0.05) is 11.6 Å². The first-order valence-corrected chi connectivity index (χ1v) is 6.07. The van der Waals surface area contributed by atoms with E-state index in [1.165, 1.54) is 11.1 Å². The molecular weight excluding hydrogens is 198 g/mol. The van der Waals surface area contributed by atoms with Gasteiger partial charge in [0.15, 0.2) is 0 Å². The van der Waals surface area contributed by atoms with Gasteiger partial charge in [0.1, 0.15) is 5.76 Å². The van der Waals surface area contributed by atoms with Gasteiger partial charge in [0.05, 0.1) is 6.26 Å². The van der Waals surface area contributed by atoms with Gasteiger partial charge in [-0.1, -0.05) is 12.5 Å². The smallest absolute Gasteiger partial charge is 0.105 e. The van der Waals surface area contributed by atoms with Crippen molar-refractivity contribution in [1.82, 2.24) is 5.32 Å². The van der Waals surface area contributed by atoms with E-state index in [-0.39, 0.29) is 0 Å². The van der Waals surface area contributed by atoms with Gasteiger partial charge in [-0.05, 0) is 45.7 Å². The molecular formula is C14H23NO. The molecule has 1 heterocycles. The second-order valence-corrected chi connectivity index (χ2v) is 4.43. The Kier molecular flexibility index (Phi) is 5.33. The summed E-state index contributed by atoms with van der Waals surface area (Å²) in [4.78, 5) is 0. The van der Waals surface area contributed by atoms with Crippen molar-refractivity contribution in [3.05, 3.63) is 35.8 Å². The number of nitrogens with one attached hydrogen (secondary N) is 1. The number of aryl methyl sites for hydroxylation is 1. The molecule has 16 heavy (non-hydrogen) atoms.